The van der Waals surface area contributed by atoms with Gasteiger partial charge in [-0.1, -0.05) is 26.0 Å². The number of benzene rings is 1. The molecule has 0 N–H and O–H groups in total. The van der Waals surface area contributed by atoms with Gasteiger partial charge in [-0.3, -0.25) is 9.80 Å². The Morgan fingerprint density at radius 2 is 1.92 bits per heavy atom. The third-order valence-electron chi connectivity index (χ3n) is 5.15. The number of ether oxygens (including phenoxy) is 1. The lowest BCUT2D eigenvalue weighted by Crippen LogP contribution is -2.61. The first-order valence-electron chi connectivity index (χ1n) is 9.19. The van der Waals surface area contributed by atoms with E-state index < -0.39 is 0 Å². The monoisotopic (exact) mass is 328 g/mol. The second kappa shape index (κ2) is 6.82. The molecule has 0 radical (unpaired) electrons. The van der Waals surface area contributed by atoms with Crippen LogP contribution in [0.25, 0.3) is 11.0 Å². The zero-order valence-electron chi connectivity index (χ0n) is 14.8. The van der Waals surface area contributed by atoms with E-state index >= 15 is 0 Å². The van der Waals surface area contributed by atoms with Crippen molar-refractivity contribution >= 4 is 11.0 Å². The molecule has 5 nitrogen and oxygen atoms in total. The van der Waals surface area contributed by atoms with Gasteiger partial charge in [0.15, 0.2) is 0 Å². The molecule has 2 aliphatic rings. The zero-order valence-corrected chi connectivity index (χ0v) is 14.8. The Kier molecular flexibility index (Phi) is 4.57. The third kappa shape index (κ3) is 3.21. The molecule has 1 aromatic carbocycles. The van der Waals surface area contributed by atoms with E-state index in [1.807, 2.05) is 0 Å². The van der Waals surface area contributed by atoms with Gasteiger partial charge in [-0.15, -0.1) is 0 Å². The lowest BCUT2D eigenvalue weighted by molar-refractivity contribution is -0.0353. The highest BCUT2D eigenvalue weighted by Gasteiger charge is 2.33. The summed E-state index contributed by atoms with van der Waals surface area (Å²) >= 11 is 0. The van der Waals surface area contributed by atoms with Crippen LogP contribution in [0.4, 0.5) is 0 Å². The number of nitrogens with zero attached hydrogens (tertiary/aromatic N) is 4. The molecule has 24 heavy (non-hydrogen) atoms. The quantitative estimate of drug-likeness (QED) is 0.843. The predicted molar refractivity (Wildman–Crippen MR) is 96.0 cm³/mol. The van der Waals surface area contributed by atoms with Crippen LogP contribution in [0.5, 0.6) is 0 Å². The Balaban J connectivity index is 1.45. The van der Waals surface area contributed by atoms with Crippen molar-refractivity contribution in [3.8, 4) is 0 Å². The smallest absolute Gasteiger partial charge is 0.124 e. The van der Waals surface area contributed by atoms with Crippen molar-refractivity contribution in [3.63, 3.8) is 0 Å². The van der Waals surface area contributed by atoms with Crippen molar-refractivity contribution in [2.75, 3.05) is 39.4 Å². The Morgan fingerprint density at radius 1 is 1.17 bits per heavy atom. The zero-order chi connectivity index (χ0) is 16.5. The van der Waals surface area contributed by atoms with Crippen LogP contribution in [0.15, 0.2) is 24.3 Å². The number of morpholine rings is 1. The molecule has 0 bridgehead atoms. The van der Waals surface area contributed by atoms with Crippen molar-refractivity contribution in [1.82, 2.24) is 19.4 Å². The molecule has 0 aliphatic carbocycles. The summed E-state index contributed by atoms with van der Waals surface area (Å²) in [6.07, 6.45) is 0. The molecule has 0 unspecified atom stereocenters. The Morgan fingerprint density at radius 3 is 2.67 bits per heavy atom. The number of likely N-dealkylation sites (tertiary alicyclic amines) is 1. The van der Waals surface area contributed by atoms with E-state index in [2.05, 4.69) is 52.5 Å². The molecule has 2 aliphatic heterocycles. The van der Waals surface area contributed by atoms with Gasteiger partial charge < -0.3 is 9.30 Å². The van der Waals surface area contributed by atoms with E-state index in [1.165, 1.54) is 11.3 Å². The van der Waals surface area contributed by atoms with Crippen LogP contribution in [0.2, 0.25) is 0 Å². The normalized spacial score (nSPS) is 20.8. The van der Waals surface area contributed by atoms with Crippen molar-refractivity contribution < 1.29 is 4.74 Å². The van der Waals surface area contributed by atoms with Gasteiger partial charge >= 0.3 is 0 Å². The molecular weight excluding hydrogens is 300 g/mol. The van der Waals surface area contributed by atoms with E-state index in [4.69, 9.17) is 9.72 Å². The van der Waals surface area contributed by atoms with Crippen molar-refractivity contribution in [1.29, 1.82) is 0 Å². The van der Waals surface area contributed by atoms with E-state index in [0.29, 0.717) is 12.0 Å². The summed E-state index contributed by atoms with van der Waals surface area (Å²) in [5.41, 5.74) is 2.39. The maximum Gasteiger partial charge on any atom is 0.124 e. The summed E-state index contributed by atoms with van der Waals surface area (Å²) in [7, 11) is 0. The van der Waals surface area contributed by atoms with E-state index in [1.54, 1.807) is 0 Å². The average Bonchev–Trinajstić information content (AvgIpc) is 2.88. The lowest BCUT2D eigenvalue weighted by atomic mass is 10.1. The largest absolute Gasteiger partial charge is 0.379 e. The maximum absolute atomic E-state index is 5.46. The Bertz CT molecular complexity index is 684. The highest BCUT2D eigenvalue weighted by Crippen LogP contribution is 2.22. The number of imidazole rings is 1. The van der Waals surface area contributed by atoms with Gasteiger partial charge in [-0.05, 0) is 18.1 Å². The molecule has 0 saturated carbocycles. The van der Waals surface area contributed by atoms with Crippen LogP contribution in [-0.4, -0.2) is 64.8 Å². The van der Waals surface area contributed by atoms with E-state index in [-0.39, 0.29) is 0 Å². The van der Waals surface area contributed by atoms with Crippen molar-refractivity contribution in [2.24, 2.45) is 5.92 Å². The van der Waals surface area contributed by atoms with Gasteiger partial charge in [0.05, 0.1) is 30.8 Å². The molecule has 0 atom stereocenters. The molecule has 5 heteroatoms. The Hall–Kier alpha value is -1.43. The fraction of sp³-hybridized carbons (Fsp3) is 0.632. The van der Waals surface area contributed by atoms with Gasteiger partial charge in [0.1, 0.15) is 5.82 Å². The molecule has 3 heterocycles. The molecule has 0 spiro atoms. The van der Waals surface area contributed by atoms with Crippen LogP contribution >= 0.6 is 0 Å². The summed E-state index contributed by atoms with van der Waals surface area (Å²) in [6.45, 7) is 12.8. The van der Waals surface area contributed by atoms with Crippen molar-refractivity contribution in [3.05, 3.63) is 30.1 Å². The minimum absolute atomic E-state index is 0.624. The molecule has 2 fully saturated rings. The maximum atomic E-state index is 5.46. The fourth-order valence-corrected chi connectivity index (χ4v) is 3.86. The first kappa shape index (κ1) is 16.1. The highest BCUT2D eigenvalue weighted by molar-refractivity contribution is 5.75. The van der Waals surface area contributed by atoms with Gasteiger partial charge in [-0.2, -0.15) is 0 Å². The first-order valence-corrected chi connectivity index (χ1v) is 9.19. The Labute approximate surface area is 144 Å². The number of fused-ring (bicyclic) bond motifs is 1. The number of aromatic nitrogens is 2. The van der Waals surface area contributed by atoms with Crippen molar-refractivity contribution in [2.45, 2.75) is 33.0 Å². The average molecular weight is 328 g/mol. The number of rotatable bonds is 5. The van der Waals surface area contributed by atoms with Crippen LogP contribution in [-0.2, 0) is 17.8 Å². The summed E-state index contributed by atoms with van der Waals surface area (Å²) in [6, 6.07) is 9.22. The van der Waals surface area contributed by atoms with E-state index in [0.717, 1.165) is 58.0 Å². The second-order valence-corrected chi connectivity index (χ2v) is 7.52. The minimum atomic E-state index is 0.624. The van der Waals surface area contributed by atoms with Gasteiger partial charge in [0.25, 0.3) is 0 Å². The predicted octanol–water partition coefficient (Wildman–Crippen LogP) is 2.21. The van der Waals surface area contributed by atoms with Crippen LogP contribution in [0.3, 0.4) is 0 Å². The summed E-state index contributed by atoms with van der Waals surface area (Å²) in [4.78, 5) is 10.0. The van der Waals surface area contributed by atoms with E-state index in [9.17, 15) is 0 Å². The molecule has 4 rings (SSSR count). The molecule has 1 aromatic heterocycles. The molecule has 130 valence electrons. The SMILES string of the molecule is CC(C)Cn1c(CN2CC(N3CCOCC3)C2)nc2ccccc21. The first-order chi connectivity index (χ1) is 11.7. The molecule has 2 saturated heterocycles. The number of hydrogen-bond donors (Lipinski definition) is 0. The van der Waals surface area contributed by atoms with Crippen LogP contribution in [0.1, 0.15) is 19.7 Å². The number of hydrogen-bond acceptors (Lipinski definition) is 4. The number of para-hydroxylation sites is 2. The summed E-state index contributed by atoms with van der Waals surface area (Å²) in [5.74, 6) is 1.84. The third-order valence-corrected chi connectivity index (χ3v) is 5.15. The lowest BCUT2D eigenvalue weighted by Gasteiger charge is -2.46. The van der Waals surface area contributed by atoms with Crippen LogP contribution < -0.4 is 0 Å². The summed E-state index contributed by atoms with van der Waals surface area (Å²) in [5, 5.41) is 0. The fourth-order valence-electron chi connectivity index (χ4n) is 3.86. The van der Waals surface area contributed by atoms with Gasteiger partial charge in [-0.25, -0.2) is 4.98 Å². The standard InChI is InChI=1S/C19H28N4O/c1-15(2)11-23-18-6-4-3-5-17(18)20-19(23)14-21-12-16(13-21)22-7-9-24-10-8-22/h3-6,15-16H,7-14H2,1-2H3. The molecule has 0 amide bonds. The van der Waals surface area contributed by atoms with Gasteiger partial charge in [0.2, 0.25) is 0 Å². The van der Waals surface area contributed by atoms with Gasteiger partial charge in [0, 0.05) is 38.8 Å². The highest BCUT2D eigenvalue weighted by atomic mass is 16.5. The molecule has 2 aromatic rings. The minimum Gasteiger partial charge on any atom is -0.379 e. The summed E-state index contributed by atoms with van der Waals surface area (Å²) < 4.78 is 7.88. The topological polar surface area (TPSA) is 33.5 Å². The second-order valence-electron chi connectivity index (χ2n) is 7.52. The van der Waals surface area contributed by atoms with Crippen LogP contribution in [0, 0.1) is 5.92 Å². The molecular formula is C19H28N4O.